The van der Waals surface area contributed by atoms with Crippen LogP contribution in [0.4, 0.5) is 0 Å². The van der Waals surface area contributed by atoms with Crippen molar-refractivity contribution in [2.24, 2.45) is 0 Å². The first-order chi connectivity index (χ1) is 27.6. The molecule has 0 saturated carbocycles. The fraction of sp³-hybridized carbons (Fsp3) is 0.0444. The minimum Gasteiger partial charge on any atom is -0.497 e. The summed E-state index contributed by atoms with van der Waals surface area (Å²) in [7, 11) is 1.65. The number of hydrogen-bond donors (Lipinski definition) is 1. The van der Waals surface area contributed by atoms with Crippen molar-refractivity contribution >= 4 is 43.6 Å². The van der Waals surface area contributed by atoms with Gasteiger partial charge in [-0.3, -0.25) is 9.13 Å². The third-order valence-electron chi connectivity index (χ3n) is 9.80. The van der Waals surface area contributed by atoms with Gasteiger partial charge in [0.25, 0.3) is 0 Å². The zero-order valence-corrected chi connectivity index (χ0v) is 29.9. The Bertz CT molecular complexity index is 2900. The van der Waals surface area contributed by atoms with Crippen LogP contribution in [0.2, 0.25) is 0 Å². The summed E-state index contributed by atoms with van der Waals surface area (Å²) in [4.78, 5) is 22.2. The molecule has 0 saturated heterocycles. The molecule has 0 radical (unpaired) electrons. The number of benzene rings is 5. The van der Waals surface area contributed by atoms with Crippen LogP contribution in [0, 0.1) is 0 Å². The number of aliphatic hydroxyl groups excluding tert-OH is 1. The van der Waals surface area contributed by atoms with E-state index in [1.165, 1.54) is 12.7 Å². The van der Waals surface area contributed by atoms with Gasteiger partial charge in [0.1, 0.15) is 53.0 Å². The SMILES string of the molecule is COc1ccnc(-n2c3ccccc3c3ccc(Oc4cc(Oc5ccc6c7ccccc7n(-c7cc(CO)ccn7)c6c5)cc(-c5ncncn5)c4)cc32)c1. The molecule has 0 spiro atoms. The zero-order chi connectivity index (χ0) is 37.6. The van der Waals surface area contributed by atoms with Crippen LogP contribution in [0.25, 0.3) is 66.6 Å². The molecule has 0 aliphatic carbocycles. The fourth-order valence-corrected chi connectivity index (χ4v) is 7.33. The Kier molecular flexibility index (Phi) is 8.04. The maximum atomic E-state index is 9.88. The van der Waals surface area contributed by atoms with Crippen LogP contribution in [-0.2, 0) is 6.61 Å². The van der Waals surface area contributed by atoms with Gasteiger partial charge in [-0.2, -0.15) is 0 Å². The van der Waals surface area contributed by atoms with E-state index in [-0.39, 0.29) is 6.61 Å². The van der Waals surface area contributed by atoms with Gasteiger partial charge in [0.15, 0.2) is 5.82 Å². The maximum Gasteiger partial charge on any atom is 0.162 e. The van der Waals surface area contributed by atoms with E-state index < -0.39 is 0 Å². The molecule has 11 nitrogen and oxygen atoms in total. The highest BCUT2D eigenvalue weighted by Gasteiger charge is 2.18. The number of para-hydroxylation sites is 2. The molecule has 0 bridgehead atoms. The van der Waals surface area contributed by atoms with Crippen LogP contribution in [0.5, 0.6) is 28.7 Å². The number of aromatic nitrogens is 7. The molecule has 0 aliphatic heterocycles. The molecule has 0 amide bonds. The van der Waals surface area contributed by atoms with E-state index in [0.29, 0.717) is 46.0 Å². The van der Waals surface area contributed by atoms with Gasteiger partial charge in [0, 0.05) is 63.8 Å². The van der Waals surface area contributed by atoms with Gasteiger partial charge in [-0.1, -0.05) is 36.4 Å². The molecule has 11 heteroatoms. The molecule has 0 atom stereocenters. The van der Waals surface area contributed by atoms with Crippen molar-refractivity contribution in [2.45, 2.75) is 6.61 Å². The lowest BCUT2D eigenvalue weighted by atomic mass is 10.1. The number of methoxy groups -OCH3 is 1. The van der Waals surface area contributed by atoms with Crippen molar-refractivity contribution < 1.29 is 19.3 Å². The van der Waals surface area contributed by atoms with Gasteiger partial charge in [-0.05, 0) is 72.3 Å². The summed E-state index contributed by atoms with van der Waals surface area (Å²) in [5, 5.41) is 14.2. The molecule has 0 fully saturated rings. The Morgan fingerprint density at radius 1 is 0.500 bits per heavy atom. The van der Waals surface area contributed by atoms with E-state index in [0.717, 1.165) is 55.0 Å². The monoisotopic (exact) mass is 733 g/mol. The Labute approximate surface area is 319 Å². The van der Waals surface area contributed by atoms with E-state index in [4.69, 9.17) is 19.2 Å². The first kappa shape index (κ1) is 33.0. The molecule has 5 aromatic carbocycles. The fourth-order valence-electron chi connectivity index (χ4n) is 7.33. The van der Waals surface area contributed by atoms with E-state index >= 15 is 0 Å². The largest absolute Gasteiger partial charge is 0.497 e. The predicted molar refractivity (Wildman–Crippen MR) is 215 cm³/mol. The van der Waals surface area contributed by atoms with Gasteiger partial charge < -0.3 is 19.3 Å². The van der Waals surface area contributed by atoms with E-state index in [2.05, 4.69) is 65.5 Å². The Morgan fingerprint density at radius 3 is 1.64 bits per heavy atom. The van der Waals surface area contributed by atoms with Crippen LogP contribution in [0.15, 0.2) is 152 Å². The summed E-state index contributed by atoms with van der Waals surface area (Å²) < 4.78 is 23.0. The molecule has 10 aromatic rings. The number of hydrogen-bond acceptors (Lipinski definition) is 9. The third-order valence-corrected chi connectivity index (χ3v) is 9.80. The standard InChI is InChI=1S/C45H31N7O4/c1-54-30-15-17-48-44(24-30)52-40-9-5-3-7-36(40)38-13-11-32(23-42(38)52)56-34-20-29(45-49-26-46-27-50-45)19-33(21-34)55-31-10-12-37-35-6-2-4-8-39(35)51(41(37)22-31)43-18-28(25-53)14-16-47-43/h2-24,26-27,53H,25H2,1H3. The number of fused-ring (bicyclic) bond motifs is 6. The number of ether oxygens (including phenoxy) is 3. The van der Waals surface area contributed by atoms with Crippen LogP contribution in [0.1, 0.15) is 5.56 Å². The van der Waals surface area contributed by atoms with Crippen LogP contribution in [0.3, 0.4) is 0 Å². The summed E-state index contributed by atoms with van der Waals surface area (Å²) in [5.41, 5.74) is 5.31. The number of aliphatic hydroxyl groups is 1. The zero-order valence-electron chi connectivity index (χ0n) is 29.9. The quantitative estimate of drug-likeness (QED) is 0.155. The highest BCUT2D eigenvalue weighted by atomic mass is 16.5. The summed E-state index contributed by atoms with van der Waals surface area (Å²) in [6, 6.07) is 41.5. The smallest absolute Gasteiger partial charge is 0.162 e. The number of nitrogens with zero attached hydrogens (tertiary/aromatic N) is 7. The van der Waals surface area contributed by atoms with Crippen LogP contribution >= 0.6 is 0 Å². The Balaban J connectivity index is 1.07. The second-order valence-electron chi connectivity index (χ2n) is 13.2. The van der Waals surface area contributed by atoms with Crippen molar-refractivity contribution in [3.8, 4) is 51.8 Å². The minimum atomic E-state index is -0.0836. The average Bonchev–Trinajstić information content (AvgIpc) is 3.76. The van der Waals surface area contributed by atoms with E-state index in [1.807, 2.05) is 84.9 Å². The Morgan fingerprint density at radius 2 is 1.05 bits per heavy atom. The number of pyridine rings is 2. The molecule has 5 heterocycles. The van der Waals surface area contributed by atoms with Gasteiger partial charge >= 0.3 is 0 Å². The molecule has 0 unspecified atom stereocenters. The molecular formula is C45H31N7O4. The second kappa shape index (κ2) is 13.7. The van der Waals surface area contributed by atoms with Crippen molar-refractivity contribution in [1.29, 1.82) is 0 Å². The molecule has 1 N–H and O–H groups in total. The lowest BCUT2D eigenvalue weighted by Gasteiger charge is -2.13. The molecule has 10 rings (SSSR count). The summed E-state index contributed by atoms with van der Waals surface area (Å²) in [6.45, 7) is -0.0836. The topological polar surface area (TPSA) is 122 Å². The summed E-state index contributed by atoms with van der Waals surface area (Å²) >= 11 is 0. The van der Waals surface area contributed by atoms with Gasteiger partial charge in [0.2, 0.25) is 0 Å². The van der Waals surface area contributed by atoms with Crippen LogP contribution in [-0.4, -0.2) is 46.3 Å². The second-order valence-corrected chi connectivity index (χ2v) is 13.2. The molecule has 270 valence electrons. The summed E-state index contributed by atoms with van der Waals surface area (Å²) in [5.74, 6) is 4.89. The first-order valence-electron chi connectivity index (χ1n) is 17.9. The normalized spacial score (nSPS) is 11.5. The maximum absolute atomic E-state index is 9.88. The highest BCUT2D eigenvalue weighted by Crippen LogP contribution is 2.39. The predicted octanol–water partition coefficient (Wildman–Crippen LogP) is 9.61. The van der Waals surface area contributed by atoms with Crippen molar-refractivity contribution in [3.63, 3.8) is 0 Å². The molecular weight excluding hydrogens is 703 g/mol. The van der Waals surface area contributed by atoms with Crippen molar-refractivity contribution in [2.75, 3.05) is 7.11 Å². The summed E-state index contributed by atoms with van der Waals surface area (Å²) in [6.07, 6.45) is 6.38. The van der Waals surface area contributed by atoms with Gasteiger partial charge in [0.05, 0.1) is 35.8 Å². The van der Waals surface area contributed by atoms with Crippen molar-refractivity contribution in [3.05, 3.63) is 158 Å². The Hall–Kier alpha value is -7.63. The van der Waals surface area contributed by atoms with E-state index in [1.54, 1.807) is 25.6 Å². The highest BCUT2D eigenvalue weighted by molar-refractivity contribution is 6.10. The first-order valence-corrected chi connectivity index (χ1v) is 17.9. The van der Waals surface area contributed by atoms with Crippen molar-refractivity contribution in [1.82, 2.24) is 34.1 Å². The minimum absolute atomic E-state index is 0.0836. The van der Waals surface area contributed by atoms with Crippen LogP contribution < -0.4 is 14.2 Å². The lowest BCUT2D eigenvalue weighted by molar-refractivity contribution is 0.281. The number of rotatable bonds is 9. The van der Waals surface area contributed by atoms with Gasteiger partial charge in [-0.15, -0.1) is 0 Å². The molecule has 56 heavy (non-hydrogen) atoms. The van der Waals surface area contributed by atoms with Gasteiger partial charge in [-0.25, -0.2) is 24.9 Å². The lowest BCUT2D eigenvalue weighted by Crippen LogP contribution is -1.99. The van der Waals surface area contributed by atoms with E-state index in [9.17, 15) is 5.11 Å². The molecule has 5 aromatic heterocycles. The average molecular weight is 734 g/mol. The molecule has 0 aliphatic rings. The third kappa shape index (κ3) is 5.79.